The molecule has 2 aromatic heterocycles. The minimum atomic E-state index is 0.499. The molecule has 0 radical (unpaired) electrons. The molecule has 33 heavy (non-hydrogen) atoms. The molecule has 0 unspecified atom stereocenters. The van der Waals surface area contributed by atoms with Crippen molar-refractivity contribution in [3.63, 3.8) is 0 Å². The number of hydrogen-bond acceptors (Lipinski definition) is 5. The van der Waals surface area contributed by atoms with Crippen LogP contribution in [0.15, 0.2) is 67.0 Å². The number of fused-ring (bicyclic) bond motifs is 1. The van der Waals surface area contributed by atoms with Crippen LogP contribution in [-0.2, 0) is 13.0 Å². The predicted molar refractivity (Wildman–Crippen MR) is 132 cm³/mol. The molecule has 6 nitrogen and oxygen atoms in total. The lowest BCUT2D eigenvalue weighted by atomic mass is 10.1. The monoisotopic (exact) mass is 441 g/mol. The number of ether oxygens (including phenoxy) is 1. The van der Waals surface area contributed by atoms with Gasteiger partial charge in [-0.3, -0.25) is 0 Å². The van der Waals surface area contributed by atoms with Gasteiger partial charge in [0.1, 0.15) is 24.2 Å². The van der Waals surface area contributed by atoms with E-state index in [1.807, 2.05) is 34.8 Å². The number of nitrogen functional groups attached to an aromatic ring is 1. The fourth-order valence-corrected chi connectivity index (χ4v) is 4.67. The molecule has 0 atom stereocenters. The van der Waals surface area contributed by atoms with E-state index in [2.05, 4.69) is 45.3 Å². The zero-order chi connectivity index (χ0) is 22.5. The summed E-state index contributed by atoms with van der Waals surface area (Å²) in [5.74, 6) is 1.33. The van der Waals surface area contributed by atoms with Crippen molar-refractivity contribution in [1.29, 1.82) is 0 Å². The standard InChI is InChI=1S/C27H31N5O/c28-27-26-25(22-11-8-13-24(17-22)33-19-21-9-2-1-3-10-21)18-23(32(26)30-20-29-27)12-4-5-14-31-15-6-7-16-31/h1-3,8-11,13,17-18,20H,4-7,12,14-16,19H2,(H2,28,29,30). The Bertz CT molecular complexity index is 1200. The minimum absolute atomic E-state index is 0.499. The van der Waals surface area contributed by atoms with Crippen LogP contribution >= 0.6 is 0 Å². The normalized spacial score (nSPS) is 14.2. The smallest absolute Gasteiger partial charge is 0.151 e. The van der Waals surface area contributed by atoms with Crippen LogP contribution in [0.1, 0.15) is 36.9 Å². The van der Waals surface area contributed by atoms with E-state index in [1.165, 1.54) is 44.6 Å². The Morgan fingerprint density at radius 3 is 2.64 bits per heavy atom. The summed E-state index contributed by atoms with van der Waals surface area (Å²) in [4.78, 5) is 6.83. The highest BCUT2D eigenvalue weighted by atomic mass is 16.5. The molecular weight excluding hydrogens is 410 g/mol. The summed E-state index contributed by atoms with van der Waals surface area (Å²) >= 11 is 0. The average molecular weight is 442 g/mol. The lowest BCUT2D eigenvalue weighted by Gasteiger charge is -2.13. The van der Waals surface area contributed by atoms with Crippen molar-refractivity contribution in [2.24, 2.45) is 0 Å². The van der Waals surface area contributed by atoms with Crippen LogP contribution < -0.4 is 10.5 Å². The fourth-order valence-electron chi connectivity index (χ4n) is 4.67. The van der Waals surface area contributed by atoms with Crippen molar-refractivity contribution in [1.82, 2.24) is 19.5 Å². The molecule has 170 valence electrons. The first-order valence-corrected chi connectivity index (χ1v) is 11.9. The van der Waals surface area contributed by atoms with Crippen LogP contribution in [0.25, 0.3) is 16.6 Å². The van der Waals surface area contributed by atoms with Crippen molar-refractivity contribution in [2.45, 2.75) is 38.7 Å². The molecule has 1 fully saturated rings. The minimum Gasteiger partial charge on any atom is -0.489 e. The van der Waals surface area contributed by atoms with Gasteiger partial charge in [-0.15, -0.1) is 0 Å². The Morgan fingerprint density at radius 1 is 0.939 bits per heavy atom. The summed E-state index contributed by atoms with van der Waals surface area (Å²) < 4.78 is 8.02. The molecule has 6 heteroatoms. The first-order valence-electron chi connectivity index (χ1n) is 11.9. The summed E-state index contributed by atoms with van der Waals surface area (Å²) in [5.41, 5.74) is 11.6. The Morgan fingerprint density at radius 2 is 1.79 bits per heavy atom. The van der Waals surface area contributed by atoms with Crippen LogP contribution in [0, 0.1) is 0 Å². The van der Waals surface area contributed by atoms with Gasteiger partial charge in [0.2, 0.25) is 0 Å². The van der Waals surface area contributed by atoms with Gasteiger partial charge in [0.25, 0.3) is 0 Å². The summed E-state index contributed by atoms with van der Waals surface area (Å²) in [6, 6.07) is 20.6. The van der Waals surface area contributed by atoms with Crippen LogP contribution in [0.4, 0.5) is 5.82 Å². The highest BCUT2D eigenvalue weighted by Gasteiger charge is 2.16. The van der Waals surface area contributed by atoms with Gasteiger partial charge in [-0.25, -0.2) is 9.50 Å². The maximum absolute atomic E-state index is 6.31. The second kappa shape index (κ2) is 10.0. The molecule has 1 aliphatic rings. The summed E-state index contributed by atoms with van der Waals surface area (Å²) in [7, 11) is 0. The molecule has 3 heterocycles. The quantitative estimate of drug-likeness (QED) is 0.371. The number of nitrogens with zero attached hydrogens (tertiary/aromatic N) is 4. The molecule has 2 aromatic carbocycles. The maximum atomic E-state index is 6.31. The van der Waals surface area contributed by atoms with E-state index in [9.17, 15) is 0 Å². The molecule has 2 N–H and O–H groups in total. The number of aryl methyl sites for hydroxylation is 1. The number of likely N-dealkylation sites (tertiary alicyclic amines) is 1. The number of hydrogen-bond donors (Lipinski definition) is 1. The molecule has 5 rings (SSSR count). The second-order valence-corrected chi connectivity index (χ2v) is 8.76. The summed E-state index contributed by atoms with van der Waals surface area (Å²) in [6.45, 7) is 4.23. The number of rotatable bonds is 9. The van der Waals surface area contributed by atoms with Gasteiger partial charge < -0.3 is 15.4 Å². The highest BCUT2D eigenvalue weighted by Crippen LogP contribution is 2.33. The number of aromatic nitrogens is 3. The Labute approximate surface area is 195 Å². The lowest BCUT2D eigenvalue weighted by Crippen LogP contribution is -2.20. The second-order valence-electron chi connectivity index (χ2n) is 8.76. The van der Waals surface area contributed by atoms with Crippen molar-refractivity contribution >= 4 is 11.3 Å². The van der Waals surface area contributed by atoms with E-state index in [0.29, 0.717) is 12.4 Å². The van der Waals surface area contributed by atoms with E-state index in [4.69, 9.17) is 10.5 Å². The topological polar surface area (TPSA) is 68.7 Å². The lowest BCUT2D eigenvalue weighted by molar-refractivity contribution is 0.306. The number of unbranched alkanes of at least 4 members (excludes halogenated alkanes) is 1. The van der Waals surface area contributed by atoms with Gasteiger partial charge in [-0.1, -0.05) is 42.5 Å². The third kappa shape index (κ3) is 5.01. The molecule has 0 saturated carbocycles. The number of benzene rings is 2. The molecule has 1 saturated heterocycles. The van der Waals surface area contributed by atoms with Gasteiger partial charge in [0.05, 0.1) is 0 Å². The SMILES string of the molecule is Nc1ncnn2c(CCCCN3CCCC3)cc(-c3cccc(OCc4ccccc4)c3)c12. The van der Waals surface area contributed by atoms with Gasteiger partial charge in [0, 0.05) is 11.3 Å². The van der Waals surface area contributed by atoms with Gasteiger partial charge >= 0.3 is 0 Å². The molecule has 0 spiro atoms. The Hall–Kier alpha value is -3.38. The first kappa shape index (κ1) is 21.5. The zero-order valence-corrected chi connectivity index (χ0v) is 19.0. The van der Waals surface area contributed by atoms with E-state index in [-0.39, 0.29) is 0 Å². The van der Waals surface area contributed by atoms with E-state index < -0.39 is 0 Å². The van der Waals surface area contributed by atoms with Crippen molar-refractivity contribution < 1.29 is 4.74 Å². The first-order chi connectivity index (χ1) is 16.3. The van der Waals surface area contributed by atoms with Crippen LogP contribution in [0.2, 0.25) is 0 Å². The third-order valence-corrected chi connectivity index (χ3v) is 6.41. The van der Waals surface area contributed by atoms with E-state index >= 15 is 0 Å². The molecule has 0 amide bonds. The molecule has 4 aromatic rings. The van der Waals surface area contributed by atoms with Gasteiger partial charge in [-0.05, 0) is 81.1 Å². The largest absolute Gasteiger partial charge is 0.489 e. The van der Waals surface area contributed by atoms with Gasteiger partial charge in [-0.2, -0.15) is 5.10 Å². The number of nitrogens with two attached hydrogens (primary N) is 1. The third-order valence-electron chi connectivity index (χ3n) is 6.41. The summed E-state index contributed by atoms with van der Waals surface area (Å²) in [5, 5.41) is 4.53. The highest BCUT2D eigenvalue weighted by molar-refractivity contribution is 5.88. The molecule has 1 aliphatic heterocycles. The van der Waals surface area contributed by atoms with E-state index in [0.717, 1.165) is 40.8 Å². The Balaban J connectivity index is 1.35. The van der Waals surface area contributed by atoms with E-state index in [1.54, 1.807) is 6.33 Å². The average Bonchev–Trinajstić information content (AvgIpc) is 3.50. The van der Waals surface area contributed by atoms with Crippen molar-refractivity contribution in [2.75, 3.05) is 25.4 Å². The Kier molecular flexibility index (Phi) is 6.53. The molecular formula is C27H31N5O. The van der Waals surface area contributed by atoms with Crippen LogP contribution in [-0.4, -0.2) is 39.1 Å². The fraction of sp³-hybridized carbons (Fsp3) is 0.333. The van der Waals surface area contributed by atoms with Crippen molar-refractivity contribution in [3.05, 3.63) is 78.2 Å². The van der Waals surface area contributed by atoms with Crippen molar-refractivity contribution in [3.8, 4) is 16.9 Å². The molecule has 0 bridgehead atoms. The van der Waals surface area contributed by atoms with Gasteiger partial charge in [0.15, 0.2) is 5.82 Å². The van der Waals surface area contributed by atoms with Crippen LogP contribution in [0.5, 0.6) is 5.75 Å². The maximum Gasteiger partial charge on any atom is 0.151 e. The predicted octanol–water partition coefficient (Wildman–Crippen LogP) is 4.98. The number of anilines is 1. The summed E-state index contributed by atoms with van der Waals surface area (Å²) in [6.07, 6.45) is 7.53. The zero-order valence-electron chi connectivity index (χ0n) is 19.0. The molecule has 0 aliphatic carbocycles. The van der Waals surface area contributed by atoms with Crippen LogP contribution in [0.3, 0.4) is 0 Å².